The first-order valence-corrected chi connectivity index (χ1v) is 7.30. The Balaban J connectivity index is 2.07. The molecule has 2 aromatic rings. The first-order valence-electron chi connectivity index (χ1n) is 7.30. The Morgan fingerprint density at radius 1 is 1.18 bits per heavy atom. The minimum absolute atomic E-state index is 0.219. The number of rotatable bonds is 4. The fourth-order valence-corrected chi connectivity index (χ4v) is 2.19. The summed E-state index contributed by atoms with van der Waals surface area (Å²) in [5.74, 6) is -0.392. The second-order valence-electron chi connectivity index (χ2n) is 6.23. The minimum atomic E-state index is -0.552. The Kier molecular flexibility index (Phi) is 4.81. The van der Waals surface area contributed by atoms with E-state index in [0.29, 0.717) is 0 Å². The first kappa shape index (κ1) is 16.0. The highest BCUT2D eigenvalue weighted by molar-refractivity contribution is 5.84. The van der Waals surface area contributed by atoms with E-state index in [4.69, 9.17) is 4.74 Å². The fraction of sp³-hybridized carbons (Fsp3) is 0.333. The summed E-state index contributed by atoms with van der Waals surface area (Å²) in [7, 11) is 0. The molecule has 2 aromatic carbocycles. The molecule has 0 aliphatic carbocycles. The van der Waals surface area contributed by atoms with E-state index >= 15 is 0 Å². The molecule has 0 saturated carbocycles. The van der Waals surface area contributed by atoms with E-state index in [1.54, 1.807) is 20.8 Å². The third-order valence-corrected chi connectivity index (χ3v) is 3.23. The van der Waals surface area contributed by atoms with E-state index in [1.807, 2.05) is 42.5 Å². The van der Waals surface area contributed by atoms with Gasteiger partial charge in [-0.2, -0.15) is 0 Å². The van der Waals surface area contributed by atoms with E-state index in [9.17, 15) is 9.59 Å². The van der Waals surface area contributed by atoms with Crippen molar-refractivity contribution in [2.24, 2.45) is 0 Å². The zero-order valence-electron chi connectivity index (χ0n) is 13.1. The molecule has 116 valence electrons. The molecule has 4 nitrogen and oxygen atoms in total. The number of nitrogens with one attached hydrogen (secondary N) is 1. The quantitative estimate of drug-likeness (QED) is 0.877. The molecular weight excluding hydrogens is 278 g/mol. The molecule has 0 aliphatic rings. The Bertz CT molecular complexity index is 673. The van der Waals surface area contributed by atoms with Crippen LogP contribution in [0, 0.1) is 0 Å². The Hall–Kier alpha value is -2.36. The van der Waals surface area contributed by atoms with Crippen LogP contribution in [-0.4, -0.2) is 24.5 Å². The number of hydrogen-bond acceptors (Lipinski definition) is 3. The Labute approximate surface area is 130 Å². The Morgan fingerprint density at radius 3 is 2.50 bits per heavy atom. The lowest BCUT2D eigenvalue weighted by Crippen LogP contribution is -2.35. The highest BCUT2D eigenvalue weighted by Crippen LogP contribution is 2.20. The van der Waals surface area contributed by atoms with Gasteiger partial charge in [0.15, 0.2) is 0 Å². The van der Waals surface area contributed by atoms with E-state index in [2.05, 4.69) is 5.32 Å². The molecule has 1 atom stereocenters. The van der Waals surface area contributed by atoms with Crippen molar-refractivity contribution in [3.63, 3.8) is 0 Å². The van der Waals surface area contributed by atoms with Crippen molar-refractivity contribution in [1.29, 1.82) is 0 Å². The van der Waals surface area contributed by atoms with Crippen LogP contribution in [0.2, 0.25) is 0 Å². The smallest absolute Gasteiger partial charge is 0.407 e. The number of fused-ring (bicyclic) bond motifs is 1. The van der Waals surface area contributed by atoms with E-state index in [0.717, 1.165) is 22.6 Å². The summed E-state index contributed by atoms with van der Waals surface area (Å²) in [6.45, 7) is 5.62. The van der Waals surface area contributed by atoms with Crippen LogP contribution in [0.1, 0.15) is 32.3 Å². The average Bonchev–Trinajstić information content (AvgIpc) is 2.46. The minimum Gasteiger partial charge on any atom is -0.444 e. The summed E-state index contributed by atoms with van der Waals surface area (Å²) >= 11 is 0. The highest BCUT2D eigenvalue weighted by atomic mass is 16.6. The van der Waals surface area contributed by atoms with Crippen LogP contribution in [0.3, 0.4) is 0 Å². The molecule has 0 radical (unpaired) electrons. The molecule has 1 amide bonds. The maximum Gasteiger partial charge on any atom is 0.407 e. The number of aldehydes is 1. The molecule has 0 spiro atoms. The molecule has 1 unspecified atom stereocenters. The lowest BCUT2D eigenvalue weighted by molar-refractivity contribution is -0.109. The predicted molar refractivity (Wildman–Crippen MR) is 87.0 cm³/mol. The molecular formula is C18H21NO3. The summed E-state index contributed by atoms with van der Waals surface area (Å²) in [5.41, 5.74) is 0.328. The zero-order valence-corrected chi connectivity index (χ0v) is 13.1. The molecule has 0 saturated heterocycles. The van der Waals surface area contributed by atoms with Crippen molar-refractivity contribution in [3.05, 3.63) is 48.0 Å². The van der Waals surface area contributed by atoms with Crippen LogP contribution in [0.15, 0.2) is 42.5 Å². The van der Waals surface area contributed by atoms with Crippen LogP contribution in [0.5, 0.6) is 0 Å². The monoisotopic (exact) mass is 299 g/mol. The van der Waals surface area contributed by atoms with E-state index in [-0.39, 0.29) is 6.54 Å². The second-order valence-corrected chi connectivity index (χ2v) is 6.23. The summed E-state index contributed by atoms with van der Waals surface area (Å²) in [4.78, 5) is 23.0. The van der Waals surface area contributed by atoms with Crippen LogP contribution in [0.4, 0.5) is 4.79 Å². The summed E-state index contributed by atoms with van der Waals surface area (Å²) in [5, 5.41) is 4.84. The maximum absolute atomic E-state index is 11.7. The van der Waals surface area contributed by atoms with Gasteiger partial charge in [0.1, 0.15) is 11.9 Å². The van der Waals surface area contributed by atoms with Gasteiger partial charge in [-0.3, -0.25) is 0 Å². The first-order chi connectivity index (χ1) is 10.4. The van der Waals surface area contributed by atoms with Crippen LogP contribution < -0.4 is 5.32 Å². The normalized spacial score (nSPS) is 12.7. The molecule has 22 heavy (non-hydrogen) atoms. The van der Waals surface area contributed by atoms with Gasteiger partial charge < -0.3 is 14.8 Å². The standard InChI is InChI=1S/C18H21NO3/c1-18(2,3)22-17(21)19-11-16(12-20)15-9-8-13-6-4-5-7-14(13)10-15/h4-10,12,16H,11H2,1-3H3,(H,19,21). The SMILES string of the molecule is CC(C)(C)OC(=O)NCC(C=O)c1ccc2ccccc2c1. The zero-order chi connectivity index (χ0) is 16.2. The van der Waals surface area contributed by atoms with Gasteiger partial charge in [-0.25, -0.2) is 4.79 Å². The van der Waals surface area contributed by atoms with Crippen LogP contribution >= 0.6 is 0 Å². The molecule has 1 N–H and O–H groups in total. The number of carbonyl (C=O) groups excluding carboxylic acids is 2. The van der Waals surface area contributed by atoms with Crippen molar-refractivity contribution in [3.8, 4) is 0 Å². The highest BCUT2D eigenvalue weighted by Gasteiger charge is 2.18. The number of amides is 1. The molecule has 0 heterocycles. The number of alkyl carbamates (subject to hydrolysis) is 1. The third-order valence-electron chi connectivity index (χ3n) is 3.23. The maximum atomic E-state index is 11.7. The Morgan fingerprint density at radius 2 is 1.86 bits per heavy atom. The van der Waals surface area contributed by atoms with Gasteiger partial charge in [-0.15, -0.1) is 0 Å². The van der Waals surface area contributed by atoms with Crippen LogP contribution in [0.25, 0.3) is 10.8 Å². The number of benzene rings is 2. The number of ether oxygens (including phenoxy) is 1. The molecule has 0 aromatic heterocycles. The molecule has 2 rings (SSSR count). The predicted octanol–water partition coefficient (Wildman–Crippen LogP) is 3.65. The van der Waals surface area contributed by atoms with E-state index in [1.165, 1.54) is 0 Å². The lowest BCUT2D eigenvalue weighted by Gasteiger charge is -2.20. The van der Waals surface area contributed by atoms with Crippen molar-refractivity contribution >= 4 is 23.2 Å². The average molecular weight is 299 g/mol. The van der Waals surface area contributed by atoms with Crippen LogP contribution in [-0.2, 0) is 9.53 Å². The molecule has 4 heteroatoms. The van der Waals surface area contributed by atoms with Gasteiger partial charge in [-0.05, 0) is 37.1 Å². The van der Waals surface area contributed by atoms with Crippen molar-refractivity contribution in [1.82, 2.24) is 5.32 Å². The van der Waals surface area contributed by atoms with Crippen molar-refractivity contribution < 1.29 is 14.3 Å². The van der Waals surface area contributed by atoms with Gasteiger partial charge in [0, 0.05) is 6.54 Å². The summed E-state index contributed by atoms with van der Waals surface area (Å²) in [6, 6.07) is 13.8. The third kappa shape index (κ3) is 4.32. The summed E-state index contributed by atoms with van der Waals surface area (Å²) < 4.78 is 5.17. The van der Waals surface area contributed by atoms with Crippen molar-refractivity contribution in [2.75, 3.05) is 6.54 Å². The number of carbonyl (C=O) groups is 2. The van der Waals surface area contributed by atoms with Crippen molar-refractivity contribution in [2.45, 2.75) is 32.3 Å². The second kappa shape index (κ2) is 6.60. The lowest BCUT2D eigenvalue weighted by atomic mass is 9.97. The molecule has 0 aliphatic heterocycles. The molecule has 0 fully saturated rings. The largest absolute Gasteiger partial charge is 0.444 e. The van der Waals surface area contributed by atoms with Gasteiger partial charge in [-0.1, -0.05) is 42.5 Å². The fourth-order valence-electron chi connectivity index (χ4n) is 2.19. The van der Waals surface area contributed by atoms with E-state index < -0.39 is 17.6 Å². The van der Waals surface area contributed by atoms with Gasteiger partial charge in [0.2, 0.25) is 0 Å². The topological polar surface area (TPSA) is 55.4 Å². The molecule has 0 bridgehead atoms. The number of hydrogen-bond donors (Lipinski definition) is 1. The van der Waals surface area contributed by atoms with Gasteiger partial charge >= 0.3 is 6.09 Å². The van der Waals surface area contributed by atoms with Gasteiger partial charge in [0.25, 0.3) is 0 Å². The summed E-state index contributed by atoms with van der Waals surface area (Å²) in [6.07, 6.45) is 0.335. The van der Waals surface area contributed by atoms with Gasteiger partial charge in [0.05, 0.1) is 5.92 Å².